The molecule has 1 rings (SSSR count). The molecule has 0 aromatic heterocycles. The third kappa shape index (κ3) is 3.04. The summed E-state index contributed by atoms with van der Waals surface area (Å²) in [5.41, 5.74) is 0.916. The Balaban J connectivity index is 0.000001000. The maximum absolute atomic E-state index is 6.76. The molecule has 0 saturated heterocycles. The van der Waals surface area contributed by atoms with E-state index in [9.17, 15) is 0 Å². The first-order valence-corrected chi connectivity index (χ1v) is 3.39. The molecule has 0 spiro atoms. The molecular weight excluding hydrogens is 150 g/mol. The fraction of sp³-hybridized carbons (Fsp3) is 0.111. The Morgan fingerprint density at radius 2 is 1.82 bits per heavy atom. The van der Waals surface area contributed by atoms with Crippen molar-refractivity contribution in [3.8, 4) is 5.92 Å². The minimum atomic E-state index is -0.402. The normalized spacial score (nSPS) is 10.9. The zero-order valence-electron chi connectivity index (χ0n) is 6.34. The van der Waals surface area contributed by atoms with Gasteiger partial charge in [0, 0.05) is 0 Å². The molecule has 0 bridgehead atoms. The first kappa shape index (κ1) is 10.7. The first-order valence-electron chi connectivity index (χ1n) is 2.96. The van der Waals surface area contributed by atoms with Crippen LogP contribution in [0.25, 0.3) is 0 Å². The molecule has 11 heavy (non-hydrogen) atoms. The van der Waals surface area contributed by atoms with Gasteiger partial charge in [-0.3, -0.25) is 0 Å². The fourth-order valence-electron chi connectivity index (χ4n) is 0.705. The molecule has 0 fully saturated rings. The number of hydrogen-bond donors (Lipinski definition) is 0. The van der Waals surface area contributed by atoms with Crippen LogP contribution in [0.4, 0.5) is 0 Å². The molecule has 0 unspecified atom stereocenters. The van der Waals surface area contributed by atoms with Gasteiger partial charge in [-0.05, 0) is 5.56 Å². The van der Waals surface area contributed by atoms with Gasteiger partial charge in [0.2, 0.25) is 0 Å². The Labute approximate surface area is 84.1 Å². The molecule has 0 aliphatic heterocycles. The summed E-state index contributed by atoms with van der Waals surface area (Å²) in [5.74, 6) is 2.20. The Hall–Kier alpha value is -0.333. The van der Waals surface area contributed by atoms with Gasteiger partial charge >= 0.3 is 18.9 Å². The summed E-state index contributed by atoms with van der Waals surface area (Å²) in [6, 6.07) is 9.44. The molecular formula is C9H6ClLi. The minimum Gasteiger partial charge on any atom is -0.692 e. The van der Waals surface area contributed by atoms with Crippen LogP contribution in [0.15, 0.2) is 30.3 Å². The van der Waals surface area contributed by atoms with E-state index >= 15 is 0 Å². The van der Waals surface area contributed by atoms with Crippen molar-refractivity contribution in [2.45, 2.75) is 5.38 Å². The van der Waals surface area contributed by atoms with Gasteiger partial charge in [-0.2, -0.15) is 0 Å². The molecule has 0 saturated carbocycles. The third-order valence-corrected chi connectivity index (χ3v) is 1.58. The van der Waals surface area contributed by atoms with Crippen molar-refractivity contribution in [1.29, 1.82) is 0 Å². The van der Waals surface area contributed by atoms with Crippen LogP contribution >= 0.6 is 11.6 Å². The maximum Gasteiger partial charge on any atom is 1.00 e. The van der Waals surface area contributed by atoms with Crippen molar-refractivity contribution >= 4 is 11.6 Å². The predicted octanol–water partition coefficient (Wildman–Crippen LogP) is -0.440. The number of rotatable bonds is 1. The van der Waals surface area contributed by atoms with Crippen LogP contribution in [-0.4, -0.2) is 0 Å². The van der Waals surface area contributed by atoms with Crippen molar-refractivity contribution in [3.05, 3.63) is 42.3 Å². The van der Waals surface area contributed by atoms with Crippen LogP contribution in [0.3, 0.4) is 0 Å². The standard InChI is InChI=1S/C9H6Cl.Li/c1-2-9(10)8-6-4-3-5-7-8;/h3-7,9H;/q-1;+1/t9-;/m1./s1. The van der Waals surface area contributed by atoms with Gasteiger partial charge in [0.25, 0.3) is 0 Å². The summed E-state index contributed by atoms with van der Waals surface area (Å²) >= 11 is 5.69. The van der Waals surface area contributed by atoms with Crippen LogP contribution in [0.5, 0.6) is 0 Å². The SMILES string of the molecule is [C-]#C[C@@H](Cl)c1ccccc1.[Li+]. The minimum absolute atomic E-state index is 0. The zero-order chi connectivity index (χ0) is 7.40. The van der Waals surface area contributed by atoms with E-state index in [4.69, 9.17) is 18.0 Å². The van der Waals surface area contributed by atoms with Gasteiger partial charge in [0.05, 0.1) is 5.38 Å². The summed E-state index contributed by atoms with van der Waals surface area (Å²) < 4.78 is 0. The molecule has 1 aromatic carbocycles. The third-order valence-electron chi connectivity index (χ3n) is 1.22. The molecule has 0 aliphatic carbocycles. The molecule has 2 heteroatoms. The molecule has 0 N–H and O–H groups in total. The zero-order valence-corrected chi connectivity index (χ0v) is 7.10. The van der Waals surface area contributed by atoms with Gasteiger partial charge in [0.1, 0.15) is 0 Å². The second-order valence-corrected chi connectivity index (χ2v) is 2.35. The van der Waals surface area contributed by atoms with Gasteiger partial charge < -0.3 is 12.3 Å². The smallest absolute Gasteiger partial charge is 0.692 e. The molecule has 0 amide bonds. The molecule has 0 radical (unpaired) electrons. The first-order chi connectivity index (χ1) is 4.84. The summed E-state index contributed by atoms with van der Waals surface area (Å²) in [6.07, 6.45) is 6.76. The van der Waals surface area contributed by atoms with E-state index in [1.54, 1.807) is 0 Å². The maximum atomic E-state index is 6.76. The van der Waals surface area contributed by atoms with Gasteiger partial charge in [-0.15, -0.1) is 11.6 Å². The quantitative estimate of drug-likeness (QED) is 0.224. The van der Waals surface area contributed by atoms with E-state index in [0.29, 0.717) is 0 Å². The number of hydrogen-bond acceptors (Lipinski definition) is 0. The van der Waals surface area contributed by atoms with E-state index in [-0.39, 0.29) is 18.9 Å². The number of halogens is 1. The largest absolute Gasteiger partial charge is 1.00 e. The van der Waals surface area contributed by atoms with Crippen LogP contribution in [0, 0.1) is 12.3 Å². The molecule has 0 aliphatic rings. The summed E-state index contributed by atoms with van der Waals surface area (Å²) in [7, 11) is 0. The monoisotopic (exact) mass is 156 g/mol. The second-order valence-electron chi connectivity index (χ2n) is 1.92. The Bertz CT molecular complexity index is 237. The average molecular weight is 157 g/mol. The van der Waals surface area contributed by atoms with Gasteiger partial charge in [-0.1, -0.05) is 30.3 Å². The fourth-order valence-corrected chi connectivity index (χ4v) is 0.851. The van der Waals surface area contributed by atoms with Gasteiger partial charge in [-0.25, -0.2) is 0 Å². The summed E-state index contributed by atoms with van der Waals surface area (Å²) in [6.45, 7) is 0. The van der Waals surface area contributed by atoms with E-state index in [2.05, 4.69) is 5.92 Å². The van der Waals surface area contributed by atoms with E-state index in [1.165, 1.54) is 0 Å². The van der Waals surface area contributed by atoms with Crippen LogP contribution in [0.1, 0.15) is 10.9 Å². The number of alkyl halides is 1. The predicted molar refractivity (Wildman–Crippen MR) is 42.2 cm³/mol. The molecule has 50 valence electrons. The van der Waals surface area contributed by atoms with Crippen LogP contribution in [-0.2, 0) is 0 Å². The van der Waals surface area contributed by atoms with Crippen molar-refractivity contribution in [3.63, 3.8) is 0 Å². The summed E-state index contributed by atoms with van der Waals surface area (Å²) in [4.78, 5) is 0. The number of benzene rings is 1. The van der Waals surface area contributed by atoms with Crippen LogP contribution in [0.2, 0.25) is 0 Å². The van der Waals surface area contributed by atoms with Crippen molar-refractivity contribution in [2.75, 3.05) is 0 Å². The Morgan fingerprint density at radius 3 is 2.27 bits per heavy atom. The van der Waals surface area contributed by atoms with Crippen LogP contribution < -0.4 is 18.9 Å². The van der Waals surface area contributed by atoms with E-state index in [0.717, 1.165) is 5.56 Å². The molecule has 1 aromatic rings. The van der Waals surface area contributed by atoms with Gasteiger partial charge in [0.15, 0.2) is 0 Å². The van der Waals surface area contributed by atoms with Crippen molar-refractivity contribution in [2.24, 2.45) is 0 Å². The average Bonchev–Trinajstić information content (AvgIpc) is 2.05. The topological polar surface area (TPSA) is 0 Å². The second kappa shape index (κ2) is 5.34. The Morgan fingerprint density at radius 1 is 1.27 bits per heavy atom. The Kier molecular flexibility index (Phi) is 5.17. The van der Waals surface area contributed by atoms with E-state index in [1.807, 2.05) is 30.3 Å². The molecule has 1 atom stereocenters. The summed E-state index contributed by atoms with van der Waals surface area (Å²) in [5, 5.41) is -0.402. The molecule has 0 heterocycles. The van der Waals surface area contributed by atoms with Crippen molar-refractivity contribution in [1.82, 2.24) is 0 Å². The van der Waals surface area contributed by atoms with Crippen molar-refractivity contribution < 1.29 is 18.9 Å². The molecule has 0 nitrogen and oxygen atoms in total. The van der Waals surface area contributed by atoms with E-state index < -0.39 is 5.38 Å².